The predicted molar refractivity (Wildman–Crippen MR) is 72.9 cm³/mol. The second-order valence-electron chi connectivity index (χ2n) is 5.81. The fourth-order valence-electron chi connectivity index (χ4n) is 2.76. The van der Waals surface area contributed by atoms with E-state index < -0.39 is 0 Å². The van der Waals surface area contributed by atoms with Gasteiger partial charge in [0.1, 0.15) is 11.3 Å². The lowest BCUT2D eigenvalue weighted by molar-refractivity contribution is 0.527. The van der Waals surface area contributed by atoms with Gasteiger partial charge in [-0.15, -0.1) is 11.6 Å². The van der Waals surface area contributed by atoms with Gasteiger partial charge in [0.05, 0.1) is 11.6 Å². The Bertz CT molecular complexity index is 608. The minimum Gasteiger partial charge on any atom is -0.308 e. The highest BCUT2D eigenvalue weighted by molar-refractivity contribution is 6.16. The number of hydrogen-bond donors (Lipinski definition) is 0. The Morgan fingerprint density at radius 3 is 2.61 bits per heavy atom. The molecule has 0 radical (unpaired) electrons. The second-order valence-corrected chi connectivity index (χ2v) is 6.08. The minimum atomic E-state index is 0.352. The summed E-state index contributed by atoms with van der Waals surface area (Å²) in [6, 6.07) is 0.512. The molecule has 2 heterocycles. The first-order chi connectivity index (χ1) is 8.49. The Kier molecular flexibility index (Phi) is 2.49. The smallest absolute Gasteiger partial charge is 0.159 e. The number of rotatable bonds is 3. The lowest BCUT2D eigenvalue weighted by atomic mass is 10.2. The number of halogens is 1. The van der Waals surface area contributed by atoms with Gasteiger partial charge in [0.2, 0.25) is 0 Å². The summed E-state index contributed by atoms with van der Waals surface area (Å²) in [6.07, 6.45) is 1.19. The first kappa shape index (κ1) is 12.0. The molecule has 0 bridgehead atoms. The second kappa shape index (κ2) is 3.73. The molecule has 0 spiro atoms. The molecule has 0 saturated heterocycles. The molecule has 2 aromatic rings. The number of hydrogen-bond acceptors (Lipinski definition) is 2. The Morgan fingerprint density at radius 2 is 2.11 bits per heavy atom. The van der Waals surface area contributed by atoms with Gasteiger partial charge in [-0.3, -0.25) is 0 Å². The maximum Gasteiger partial charge on any atom is 0.159 e. The largest absolute Gasteiger partial charge is 0.308 e. The van der Waals surface area contributed by atoms with E-state index in [2.05, 4.69) is 35.4 Å². The first-order valence-electron chi connectivity index (χ1n) is 6.49. The Morgan fingerprint density at radius 1 is 1.44 bits per heavy atom. The van der Waals surface area contributed by atoms with Crippen LogP contribution >= 0.6 is 11.6 Å². The molecule has 1 fully saturated rings. The average Bonchev–Trinajstić information content (AvgIpc) is 2.73. The third-order valence-corrected chi connectivity index (χ3v) is 4.25. The van der Waals surface area contributed by atoms with Gasteiger partial charge < -0.3 is 4.57 Å². The molecule has 1 unspecified atom stereocenters. The van der Waals surface area contributed by atoms with Crippen molar-refractivity contribution in [1.82, 2.24) is 19.3 Å². The topological polar surface area (TPSA) is 35.6 Å². The monoisotopic (exact) mass is 266 g/mol. The fourth-order valence-corrected chi connectivity index (χ4v) is 2.95. The molecular weight excluding hydrogens is 248 g/mol. The summed E-state index contributed by atoms with van der Waals surface area (Å²) < 4.78 is 4.36. The zero-order valence-electron chi connectivity index (χ0n) is 11.4. The summed E-state index contributed by atoms with van der Waals surface area (Å²) in [5, 5.41) is 4.55. The maximum atomic E-state index is 6.06. The number of imidazole rings is 1. The first-order valence-corrected chi connectivity index (χ1v) is 7.03. The van der Waals surface area contributed by atoms with Crippen LogP contribution < -0.4 is 0 Å². The van der Waals surface area contributed by atoms with E-state index in [-0.39, 0.29) is 0 Å². The predicted octanol–water partition coefficient (Wildman–Crippen LogP) is 3.27. The van der Waals surface area contributed by atoms with Crippen molar-refractivity contribution in [3.8, 4) is 0 Å². The molecule has 0 aliphatic heterocycles. The molecule has 2 aromatic heterocycles. The molecule has 0 aromatic carbocycles. The van der Waals surface area contributed by atoms with Crippen LogP contribution in [0.15, 0.2) is 0 Å². The number of aryl methyl sites for hydroxylation is 2. The SMILES string of the molecule is CCn1nc(C)c2nc(CCl)n(C3CC3(C)C)c21. The van der Waals surface area contributed by atoms with E-state index in [9.17, 15) is 0 Å². The van der Waals surface area contributed by atoms with Crippen LogP contribution in [-0.2, 0) is 12.4 Å². The summed E-state index contributed by atoms with van der Waals surface area (Å²) >= 11 is 6.06. The average molecular weight is 267 g/mol. The number of aromatic nitrogens is 4. The summed E-state index contributed by atoms with van der Waals surface area (Å²) in [4.78, 5) is 4.67. The molecule has 5 heteroatoms. The van der Waals surface area contributed by atoms with Crippen molar-refractivity contribution in [3.63, 3.8) is 0 Å². The Balaban J connectivity index is 2.26. The van der Waals surface area contributed by atoms with Crippen molar-refractivity contribution < 1.29 is 0 Å². The standard InChI is InChI=1S/C13H19ClN4/c1-5-17-12-11(8(2)16-17)15-10(7-14)18(12)9-6-13(9,3)4/h9H,5-7H2,1-4H3. The van der Waals surface area contributed by atoms with Gasteiger partial charge in [-0.05, 0) is 25.7 Å². The van der Waals surface area contributed by atoms with Crippen LogP contribution in [0, 0.1) is 12.3 Å². The van der Waals surface area contributed by atoms with Crippen LogP contribution in [0.25, 0.3) is 11.2 Å². The third kappa shape index (κ3) is 1.51. The van der Waals surface area contributed by atoms with Gasteiger partial charge in [-0.1, -0.05) is 13.8 Å². The molecule has 18 heavy (non-hydrogen) atoms. The van der Waals surface area contributed by atoms with E-state index in [4.69, 9.17) is 11.6 Å². The zero-order chi connectivity index (χ0) is 13.1. The normalized spacial score (nSPS) is 21.7. The Hall–Kier alpha value is -1.03. The van der Waals surface area contributed by atoms with Gasteiger partial charge >= 0.3 is 0 Å². The van der Waals surface area contributed by atoms with Gasteiger partial charge in [-0.25, -0.2) is 9.67 Å². The minimum absolute atomic E-state index is 0.352. The van der Waals surface area contributed by atoms with Crippen LogP contribution in [0.4, 0.5) is 0 Å². The van der Waals surface area contributed by atoms with Crippen molar-refractivity contribution in [2.45, 2.75) is 52.6 Å². The van der Waals surface area contributed by atoms with Crippen molar-refractivity contribution in [3.05, 3.63) is 11.5 Å². The number of alkyl halides is 1. The highest BCUT2D eigenvalue weighted by Gasteiger charge is 2.49. The molecule has 1 atom stereocenters. The molecule has 1 aliphatic carbocycles. The van der Waals surface area contributed by atoms with Gasteiger partial charge in [-0.2, -0.15) is 5.10 Å². The summed E-state index contributed by atoms with van der Waals surface area (Å²) in [5.41, 5.74) is 3.50. The van der Waals surface area contributed by atoms with Crippen LogP contribution in [-0.4, -0.2) is 19.3 Å². The lowest BCUT2D eigenvalue weighted by Crippen LogP contribution is -2.09. The van der Waals surface area contributed by atoms with Gasteiger partial charge in [0.25, 0.3) is 0 Å². The summed E-state index contributed by atoms with van der Waals surface area (Å²) in [6.45, 7) is 9.58. The Labute approximate surface area is 112 Å². The maximum absolute atomic E-state index is 6.06. The van der Waals surface area contributed by atoms with E-state index >= 15 is 0 Å². The van der Waals surface area contributed by atoms with E-state index in [0.717, 1.165) is 29.2 Å². The van der Waals surface area contributed by atoms with Crippen LogP contribution in [0.5, 0.6) is 0 Å². The van der Waals surface area contributed by atoms with E-state index in [1.807, 2.05) is 11.6 Å². The molecule has 98 valence electrons. The van der Waals surface area contributed by atoms with E-state index in [1.165, 1.54) is 6.42 Å². The third-order valence-electron chi connectivity index (χ3n) is 4.01. The van der Waals surface area contributed by atoms with Crippen LogP contribution in [0.2, 0.25) is 0 Å². The molecule has 1 saturated carbocycles. The fraction of sp³-hybridized carbons (Fsp3) is 0.692. The van der Waals surface area contributed by atoms with Crippen molar-refractivity contribution in [2.24, 2.45) is 5.41 Å². The molecule has 1 aliphatic rings. The van der Waals surface area contributed by atoms with Crippen molar-refractivity contribution in [1.29, 1.82) is 0 Å². The zero-order valence-corrected chi connectivity index (χ0v) is 12.1. The van der Waals surface area contributed by atoms with Crippen molar-refractivity contribution >= 4 is 22.8 Å². The summed E-state index contributed by atoms with van der Waals surface area (Å²) in [7, 11) is 0. The quantitative estimate of drug-likeness (QED) is 0.800. The number of nitrogens with zero attached hydrogens (tertiary/aromatic N) is 4. The van der Waals surface area contributed by atoms with Crippen LogP contribution in [0.3, 0.4) is 0 Å². The number of fused-ring (bicyclic) bond motifs is 1. The molecule has 0 amide bonds. The van der Waals surface area contributed by atoms with Crippen molar-refractivity contribution in [2.75, 3.05) is 0 Å². The van der Waals surface area contributed by atoms with Gasteiger partial charge in [0, 0.05) is 12.6 Å². The highest BCUT2D eigenvalue weighted by Crippen LogP contribution is 2.56. The summed E-state index contributed by atoms with van der Waals surface area (Å²) in [5.74, 6) is 1.44. The molecular formula is C13H19ClN4. The molecule has 4 nitrogen and oxygen atoms in total. The molecule has 3 rings (SSSR count). The molecule has 0 N–H and O–H groups in total. The highest BCUT2D eigenvalue weighted by atomic mass is 35.5. The van der Waals surface area contributed by atoms with E-state index in [1.54, 1.807) is 0 Å². The van der Waals surface area contributed by atoms with E-state index in [0.29, 0.717) is 17.3 Å². The lowest BCUT2D eigenvalue weighted by Gasteiger charge is -2.10. The van der Waals surface area contributed by atoms with Gasteiger partial charge in [0.15, 0.2) is 5.65 Å². The van der Waals surface area contributed by atoms with Crippen LogP contribution in [0.1, 0.15) is 44.8 Å².